The Balaban J connectivity index is 1.95. The van der Waals surface area contributed by atoms with Gasteiger partial charge < -0.3 is 26.0 Å². The number of hydrogen-bond acceptors (Lipinski definition) is 7. The Kier molecular flexibility index (Phi) is 12.6. The predicted molar refractivity (Wildman–Crippen MR) is 152 cm³/mol. The van der Waals surface area contributed by atoms with Gasteiger partial charge in [0.25, 0.3) is 0 Å². The van der Waals surface area contributed by atoms with Crippen molar-refractivity contribution in [2.75, 3.05) is 38.2 Å². The Morgan fingerprint density at radius 3 is 2.16 bits per heavy atom. The second-order valence-corrected chi connectivity index (χ2v) is 11.9. The highest BCUT2D eigenvalue weighted by Crippen LogP contribution is 2.37. The van der Waals surface area contributed by atoms with E-state index in [4.69, 9.17) is 16.2 Å². The van der Waals surface area contributed by atoms with Crippen molar-refractivity contribution in [2.24, 2.45) is 11.5 Å². The zero-order valence-corrected chi connectivity index (χ0v) is 25.3. The van der Waals surface area contributed by atoms with Crippen molar-refractivity contribution in [3.63, 3.8) is 0 Å². The Bertz CT molecular complexity index is 1120. The summed E-state index contributed by atoms with van der Waals surface area (Å²) < 4.78 is 85.6. The molecule has 0 bridgehead atoms. The molecule has 3 amide bonds. The lowest BCUT2D eigenvalue weighted by atomic mass is 9.94. The first-order chi connectivity index (χ1) is 20.7. The van der Waals surface area contributed by atoms with E-state index in [9.17, 15) is 40.7 Å². The average Bonchev–Trinajstić information content (AvgIpc) is 2.95. The van der Waals surface area contributed by atoms with Crippen LogP contribution in [0, 0.1) is 0 Å². The summed E-state index contributed by atoms with van der Waals surface area (Å²) in [7, 11) is 0. The normalized spacial score (nSPS) is 21.1. The van der Waals surface area contributed by atoms with E-state index in [0.717, 1.165) is 5.75 Å². The number of thioether (sulfide) groups is 1. The van der Waals surface area contributed by atoms with Gasteiger partial charge in [0.2, 0.25) is 11.8 Å². The molecule has 2 fully saturated rings. The van der Waals surface area contributed by atoms with Crippen molar-refractivity contribution in [3.8, 4) is 0 Å². The summed E-state index contributed by atoms with van der Waals surface area (Å²) >= 11 is 1.60. The minimum atomic E-state index is -5.06. The van der Waals surface area contributed by atoms with E-state index in [-0.39, 0.29) is 43.8 Å². The van der Waals surface area contributed by atoms with Crippen molar-refractivity contribution < 1.29 is 45.5 Å². The number of fused-ring (bicyclic) bond motifs is 1. The SMILES string of the molecule is CSCCCN1CC2N(C(=O)OCc3cc(C(F)(F)F)cc(C(F)(F)F)c3)C(CCCCN)CC(=O)N2[C@@H](CCCN)C1=O. The fourth-order valence-electron chi connectivity index (χ4n) is 5.66. The number of nitrogens with two attached hydrogens (primary N) is 2. The van der Waals surface area contributed by atoms with Crippen LogP contribution >= 0.6 is 11.8 Å². The molecule has 16 heteroatoms. The van der Waals surface area contributed by atoms with Crippen molar-refractivity contribution in [2.45, 2.75) is 82.2 Å². The van der Waals surface area contributed by atoms with Gasteiger partial charge in [-0.05, 0) is 81.0 Å². The summed E-state index contributed by atoms with van der Waals surface area (Å²) in [6, 6.07) is -0.547. The number of carbonyl (C=O) groups excluding carboxylic acids is 3. The number of halogens is 6. The van der Waals surface area contributed by atoms with E-state index in [2.05, 4.69) is 0 Å². The molecular formula is C28H39F6N5O4S. The molecule has 2 heterocycles. The Morgan fingerprint density at radius 1 is 0.955 bits per heavy atom. The topological polar surface area (TPSA) is 122 Å². The van der Waals surface area contributed by atoms with Gasteiger partial charge in [-0.2, -0.15) is 38.1 Å². The number of hydrogen-bond donors (Lipinski definition) is 2. The molecule has 1 aromatic carbocycles. The van der Waals surface area contributed by atoms with E-state index in [1.807, 2.05) is 6.26 Å². The molecule has 2 aliphatic heterocycles. The highest BCUT2D eigenvalue weighted by Gasteiger charge is 2.51. The highest BCUT2D eigenvalue weighted by molar-refractivity contribution is 7.98. The van der Waals surface area contributed by atoms with Gasteiger partial charge in [-0.3, -0.25) is 14.5 Å². The first kappa shape index (κ1) is 35.8. The second-order valence-electron chi connectivity index (χ2n) is 10.9. The number of ether oxygens (including phenoxy) is 1. The van der Waals surface area contributed by atoms with Gasteiger partial charge in [-0.25, -0.2) is 4.79 Å². The van der Waals surface area contributed by atoms with Crippen molar-refractivity contribution in [1.29, 1.82) is 0 Å². The molecule has 44 heavy (non-hydrogen) atoms. The van der Waals surface area contributed by atoms with Crippen LogP contribution in [-0.2, 0) is 33.3 Å². The third-order valence-electron chi connectivity index (χ3n) is 7.72. The quantitative estimate of drug-likeness (QED) is 0.238. The molecule has 2 aliphatic rings. The molecule has 3 atom stereocenters. The van der Waals surface area contributed by atoms with E-state index < -0.39 is 60.0 Å². The van der Waals surface area contributed by atoms with Crippen LogP contribution in [0.2, 0.25) is 0 Å². The Labute approximate surface area is 256 Å². The average molecular weight is 656 g/mol. The monoisotopic (exact) mass is 655 g/mol. The summed E-state index contributed by atoms with van der Waals surface area (Å²) in [6.45, 7) is 0.139. The van der Waals surface area contributed by atoms with Gasteiger partial charge in [0.05, 0.1) is 17.7 Å². The fourth-order valence-corrected chi connectivity index (χ4v) is 6.07. The summed E-state index contributed by atoms with van der Waals surface area (Å²) in [5.41, 5.74) is 7.78. The molecular weight excluding hydrogens is 616 g/mol. The standard InChI is InChI=1S/C28H39F6N5O4S/c1-44-11-5-10-37-16-23-38(21(6-2-3-8-35)15-24(40)39(23)22(25(37)41)7-4-9-36)26(42)43-17-18-12-19(27(29,30)31)14-20(13-18)28(32,33)34/h12-14,21-23H,2-11,15-17,35-36H2,1H3/t21?,22-,23?/m0/s1. The Morgan fingerprint density at radius 2 is 1.59 bits per heavy atom. The third-order valence-corrected chi connectivity index (χ3v) is 8.42. The molecule has 0 aliphatic carbocycles. The summed E-state index contributed by atoms with van der Waals surface area (Å²) in [6.07, 6.45) is -7.38. The predicted octanol–water partition coefficient (Wildman–Crippen LogP) is 4.42. The molecule has 248 valence electrons. The molecule has 9 nitrogen and oxygen atoms in total. The molecule has 2 saturated heterocycles. The van der Waals surface area contributed by atoms with Crippen LogP contribution in [0.4, 0.5) is 31.1 Å². The van der Waals surface area contributed by atoms with Crippen LogP contribution in [0.25, 0.3) is 0 Å². The van der Waals surface area contributed by atoms with Crippen molar-refractivity contribution >= 4 is 29.7 Å². The third kappa shape index (κ3) is 8.93. The zero-order chi connectivity index (χ0) is 32.7. The maximum atomic E-state index is 13.7. The largest absolute Gasteiger partial charge is 0.444 e. The summed E-state index contributed by atoms with van der Waals surface area (Å²) in [5.74, 6) is 0.181. The molecule has 0 aromatic heterocycles. The number of benzene rings is 1. The van der Waals surface area contributed by atoms with E-state index in [0.29, 0.717) is 57.3 Å². The zero-order valence-electron chi connectivity index (χ0n) is 24.5. The molecule has 1 aromatic rings. The van der Waals surface area contributed by atoms with E-state index >= 15 is 0 Å². The molecule has 4 N–H and O–H groups in total. The van der Waals surface area contributed by atoms with Gasteiger partial charge in [-0.1, -0.05) is 6.42 Å². The lowest BCUT2D eigenvalue weighted by molar-refractivity contribution is -0.172. The van der Waals surface area contributed by atoms with Gasteiger partial charge in [0.15, 0.2) is 0 Å². The van der Waals surface area contributed by atoms with Crippen molar-refractivity contribution in [1.82, 2.24) is 14.7 Å². The summed E-state index contributed by atoms with van der Waals surface area (Å²) in [4.78, 5) is 44.9. The van der Waals surface area contributed by atoms with Crippen LogP contribution in [0.1, 0.15) is 61.6 Å². The van der Waals surface area contributed by atoms with Gasteiger partial charge >= 0.3 is 18.4 Å². The van der Waals surface area contributed by atoms with Crippen LogP contribution in [-0.4, -0.2) is 89.0 Å². The number of rotatable bonds is 13. The number of amides is 3. The molecule has 3 rings (SSSR count). The van der Waals surface area contributed by atoms with E-state index in [1.54, 1.807) is 16.7 Å². The number of piperazine rings is 1. The van der Waals surface area contributed by atoms with Gasteiger partial charge in [0, 0.05) is 19.0 Å². The Hall–Kier alpha value is -2.72. The van der Waals surface area contributed by atoms with Gasteiger partial charge in [-0.15, -0.1) is 0 Å². The second kappa shape index (κ2) is 15.5. The van der Waals surface area contributed by atoms with Crippen molar-refractivity contribution in [3.05, 3.63) is 34.9 Å². The molecule has 0 saturated carbocycles. The highest BCUT2D eigenvalue weighted by atomic mass is 32.2. The first-order valence-electron chi connectivity index (χ1n) is 14.4. The lowest BCUT2D eigenvalue weighted by Crippen LogP contribution is -2.73. The van der Waals surface area contributed by atoms with Crippen LogP contribution in [0.5, 0.6) is 0 Å². The smallest absolute Gasteiger partial charge is 0.416 e. The number of alkyl halides is 6. The van der Waals surface area contributed by atoms with Crippen LogP contribution < -0.4 is 11.5 Å². The molecule has 0 radical (unpaired) electrons. The maximum Gasteiger partial charge on any atom is 0.416 e. The minimum absolute atomic E-state index is 0.000916. The number of nitrogens with zero attached hydrogens (tertiary/aromatic N) is 3. The van der Waals surface area contributed by atoms with Crippen LogP contribution in [0.15, 0.2) is 18.2 Å². The first-order valence-corrected chi connectivity index (χ1v) is 15.8. The fraction of sp³-hybridized carbons (Fsp3) is 0.679. The van der Waals surface area contributed by atoms with E-state index in [1.165, 1.54) is 9.80 Å². The summed E-state index contributed by atoms with van der Waals surface area (Å²) in [5, 5.41) is 0. The molecule has 0 spiro atoms. The minimum Gasteiger partial charge on any atom is -0.444 e. The number of unbranched alkanes of at least 4 members (excludes halogenated alkanes) is 1. The maximum absolute atomic E-state index is 13.7. The lowest BCUT2D eigenvalue weighted by Gasteiger charge is -2.54. The molecule has 2 unspecified atom stereocenters. The van der Waals surface area contributed by atoms with Gasteiger partial charge in [0.1, 0.15) is 18.8 Å². The van der Waals surface area contributed by atoms with Crippen LogP contribution in [0.3, 0.4) is 0 Å². The number of carbonyl (C=O) groups is 3.